The van der Waals surface area contributed by atoms with Crippen LogP contribution < -0.4 is 16.0 Å². The van der Waals surface area contributed by atoms with Gasteiger partial charge in [-0.1, -0.05) is 0 Å². The van der Waals surface area contributed by atoms with Gasteiger partial charge in [0.2, 0.25) is 10.0 Å². The van der Waals surface area contributed by atoms with Gasteiger partial charge in [0.15, 0.2) is 5.82 Å². The van der Waals surface area contributed by atoms with E-state index in [1.807, 2.05) is 6.92 Å². The van der Waals surface area contributed by atoms with Crippen molar-refractivity contribution >= 4 is 15.8 Å². The second kappa shape index (κ2) is 5.34. The molecule has 0 unspecified atom stereocenters. The van der Waals surface area contributed by atoms with Crippen LogP contribution in [0.15, 0.2) is 29.4 Å². The van der Waals surface area contributed by atoms with Gasteiger partial charge in [-0.15, -0.1) is 0 Å². The molecule has 19 heavy (non-hydrogen) atoms. The number of nitrogens with one attached hydrogen (secondary N) is 3. The molecule has 5 N–H and O–H groups in total. The first-order valence-electron chi connectivity index (χ1n) is 5.44. The van der Waals surface area contributed by atoms with Gasteiger partial charge in [-0.3, -0.25) is 5.10 Å². The molecule has 0 aliphatic heterocycles. The number of sulfonamides is 1. The lowest BCUT2D eigenvalue weighted by Crippen LogP contribution is -2.25. The number of rotatable bonds is 5. The predicted octanol–water partition coefficient (Wildman–Crippen LogP) is -0.123. The molecule has 0 aliphatic rings. The Labute approximate surface area is 110 Å². The highest BCUT2D eigenvalue weighted by Gasteiger charge is 2.19. The zero-order valence-electron chi connectivity index (χ0n) is 10.2. The minimum absolute atomic E-state index is 0.00125. The number of nitrogen functional groups attached to an aromatic ring is 1. The number of nitrogens with two attached hydrogens (primary N) is 1. The SMILES string of the molecule is Cc1[nH]ncc1CNS(=O)(=O)c1cccnc1NN. The van der Waals surface area contributed by atoms with E-state index >= 15 is 0 Å². The van der Waals surface area contributed by atoms with Crippen molar-refractivity contribution in [2.45, 2.75) is 18.4 Å². The minimum atomic E-state index is -3.69. The summed E-state index contributed by atoms with van der Waals surface area (Å²) >= 11 is 0. The summed E-state index contributed by atoms with van der Waals surface area (Å²) in [7, 11) is -3.69. The third-order valence-corrected chi connectivity index (χ3v) is 4.02. The zero-order chi connectivity index (χ0) is 13.9. The van der Waals surface area contributed by atoms with Crippen LogP contribution in [0.2, 0.25) is 0 Å². The summed E-state index contributed by atoms with van der Waals surface area (Å²) in [4.78, 5) is 3.85. The van der Waals surface area contributed by atoms with Crippen LogP contribution in [0.4, 0.5) is 5.82 Å². The van der Waals surface area contributed by atoms with Gasteiger partial charge >= 0.3 is 0 Å². The first-order valence-corrected chi connectivity index (χ1v) is 6.93. The number of pyridine rings is 1. The van der Waals surface area contributed by atoms with Gasteiger partial charge in [0.1, 0.15) is 4.90 Å². The summed E-state index contributed by atoms with van der Waals surface area (Å²) in [5.41, 5.74) is 3.84. The van der Waals surface area contributed by atoms with E-state index in [0.717, 1.165) is 11.3 Å². The molecular formula is C10H14N6O2S. The smallest absolute Gasteiger partial charge is 0.244 e. The Morgan fingerprint density at radius 2 is 2.26 bits per heavy atom. The molecule has 0 spiro atoms. The second-order valence-corrected chi connectivity index (χ2v) is 5.57. The fourth-order valence-corrected chi connectivity index (χ4v) is 2.65. The molecule has 2 rings (SSSR count). The largest absolute Gasteiger partial charge is 0.307 e. The molecule has 2 aromatic heterocycles. The molecule has 0 amide bonds. The number of hydrogen-bond donors (Lipinski definition) is 4. The summed E-state index contributed by atoms with van der Waals surface area (Å²) < 4.78 is 26.8. The van der Waals surface area contributed by atoms with Gasteiger partial charge in [-0.25, -0.2) is 24.0 Å². The average molecular weight is 282 g/mol. The minimum Gasteiger partial charge on any atom is -0.307 e. The molecule has 8 nitrogen and oxygen atoms in total. The molecular weight excluding hydrogens is 268 g/mol. The van der Waals surface area contributed by atoms with Crippen molar-refractivity contribution < 1.29 is 8.42 Å². The molecule has 0 aliphatic carbocycles. The molecule has 2 heterocycles. The summed E-state index contributed by atoms with van der Waals surface area (Å²) in [6.07, 6.45) is 3.03. The molecule has 0 saturated carbocycles. The maximum Gasteiger partial charge on any atom is 0.244 e. The van der Waals surface area contributed by atoms with Crippen LogP contribution in [0.25, 0.3) is 0 Å². The Hall–Kier alpha value is -1.97. The zero-order valence-corrected chi connectivity index (χ0v) is 11.0. The normalized spacial score (nSPS) is 11.5. The lowest BCUT2D eigenvalue weighted by Gasteiger charge is -2.09. The Bertz CT molecular complexity index is 666. The van der Waals surface area contributed by atoms with E-state index in [4.69, 9.17) is 5.84 Å². The molecule has 2 aromatic rings. The van der Waals surface area contributed by atoms with Crippen molar-refractivity contribution in [1.82, 2.24) is 19.9 Å². The van der Waals surface area contributed by atoms with Crippen molar-refractivity contribution in [3.63, 3.8) is 0 Å². The molecule has 0 saturated heterocycles. The number of aromatic nitrogens is 3. The molecule has 102 valence electrons. The predicted molar refractivity (Wildman–Crippen MR) is 69.4 cm³/mol. The van der Waals surface area contributed by atoms with Gasteiger partial charge in [-0.2, -0.15) is 5.10 Å². The maximum atomic E-state index is 12.1. The standard InChI is InChI=1S/C10H14N6O2S/c1-7-8(5-13-16-7)6-14-19(17,18)9-3-2-4-12-10(9)15-11/h2-5,14H,6,11H2,1H3,(H,12,15)(H,13,16). The van der Waals surface area contributed by atoms with Gasteiger partial charge in [0, 0.05) is 24.0 Å². The molecule has 0 aromatic carbocycles. The van der Waals surface area contributed by atoms with Crippen LogP contribution in [-0.2, 0) is 16.6 Å². The van der Waals surface area contributed by atoms with Crippen LogP contribution in [0.1, 0.15) is 11.3 Å². The Kier molecular flexibility index (Phi) is 3.79. The first-order chi connectivity index (χ1) is 9.04. The van der Waals surface area contributed by atoms with E-state index < -0.39 is 10.0 Å². The highest BCUT2D eigenvalue weighted by Crippen LogP contribution is 2.17. The maximum absolute atomic E-state index is 12.1. The number of aryl methyl sites for hydroxylation is 1. The number of hydrogen-bond acceptors (Lipinski definition) is 6. The molecule has 0 radical (unpaired) electrons. The van der Waals surface area contributed by atoms with Gasteiger partial charge in [0.05, 0.1) is 6.20 Å². The Balaban J connectivity index is 2.21. The summed E-state index contributed by atoms with van der Waals surface area (Å²) in [5.74, 6) is 5.34. The van der Waals surface area contributed by atoms with E-state index in [0.29, 0.717) is 0 Å². The molecule has 0 fully saturated rings. The fraction of sp³-hybridized carbons (Fsp3) is 0.200. The third-order valence-electron chi connectivity index (χ3n) is 2.58. The third kappa shape index (κ3) is 2.89. The quantitative estimate of drug-likeness (QED) is 0.447. The molecule has 0 bridgehead atoms. The summed E-state index contributed by atoms with van der Waals surface area (Å²) in [6, 6.07) is 2.95. The van der Waals surface area contributed by atoms with Crippen LogP contribution in [0.5, 0.6) is 0 Å². The topological polar surface area (TPSA) is 126 Å². The highest BCUT2D eigenvalue weighted by atomic mass is 32.2. The van der Waals surface area contributed by atoms with E-state index in [1.165, 1.54) is 18.3 Å². The number of hydrazine groups is 1. The number of anilines is 1. The van der Waals surface area contributed by atoms with Crippen LogP contribution >= 0.6 is 0 Å². The van der Waals surface area contributed by atoms with Crippen molar-refractivity contribution in [2.24, 2.45) is 5.84 Å². The van der Waals surface area contributed by atoms with Crippen molar-refractivity contribution in [1.29, 1.82) is 0 Å². The summed E-state index contributed by atoms with van der Waals surface area (Å²) in [5, 5.41) is 6.56. The van der Waals surface area contributed by atoms with Crippen molar-refractivity contribution in [3.05, 3.63) is 35.8 Å². The van der Waals surface area contributed by atoms with Crippen molar-refractivity contribution in [2.75, 3.05) is 5.43 Å². The average Bonchev–Trinajstić information content (AvgIpc) is 2.82. The van der Waals surface area contributed by atoms with E-state index in [9.17, 15) is 8.42 Å². The number of nitrogens with zero attached hydrogens (tertiary/aromatic N) is 2. The first kappa shape index (κ1) is 13.5. The molecule has 0 atom stereocenters. The monoisotopic (exact) mass is 282 g/mol. The Morgan fingerprint density at radius 1 is 1.47 bits per heavy atom. The summed E-state index contributed by atoms with van der Waals surface area (Å²) in [6.45, 7) is 1.96. The highest BCUT2D eigenvalue weighted by molar-refractivity contribution is 7.89. The number of H-pyrrole nitrogens is 1. The van der Waals surface area contributed by atoms with E-state index in [1.54, 1.807) is 6.20 Å². The van der Waals surface area contributed by atoms with Gasteiger partial charge in [0.25, 0.3) is 0 Å². The molecule has 9 heteroatoms. The van der Waals surface area contributed by atoms with E-state index in [2.05, 4.69) is 25.3 Å². The van der Waals surface area contributed by atoms with E-state index in [-0.39, 0.29) is 17.3 Å². The lowest BCUT2D eigenvalue weighted by atomic mass is 10.3. The van der Waals surface area contributed by atoms with Crippen LogP contribution in [-0.4, -0.2) is 23.6 Å². The lowest BCUT2D eigenvalue weighted by molar-refractivity contribution is 0.581. The second-order valence-electron chi connectivity index (χ2n) is 3.84. The van der Waals surface area contributed by atoms with Gasteiger partial charge in [-0.05, 0) is 19.1 Å². The number of aromatic amines is 1. The van der Waals surface area contributed by atoms with Crippen molar-refractivity contribution in [3.8, 4) is 0 Å². The van der Waals surface area contributed by atoms with Crippen LogP contribution in [0.3, 0.4) is 0 Å². The van der Waals surface area contributed by atoms with Gasteiger partial charge < -0.3 is 5.43 Å². The Morgan fingerprint density at radius 3 is 2.89 bits per heavy atom. The fourth-order valence-electron chi connectivity index (χ4n) is 1.52. The van der Waals surface area contributed by atoms with Crippen LogP contribution in [0, 0.1) is 6.92 Å².